The average molecular weight is 1510 g/mol. The summed E-state index contributed by atoms with van der Waals surface area (Å²) in [6.45, 7) is 13.0. The van der Waals surface area contributed by atoms with E-state index in [9.17, 15) is 0 Å². The van der Waals surface area contributed by atoms with Gasteiger partial charge in [-0.15, -0.1) is 23.5 Å². The van der Waals surface area contributed by atoms with Gasteiger partial charge in [-0.25, -0.2) is 0 Å². The van der Waals surface area contributed by atoms with Crippen LogP contribution in [0.5, 0.6) is 34.5 Å². The van der Waals surface area contributed by atoms with Crippen molar-refractivity contribution >= 4 is 150 Å². The van der Waals surface area contributed by atoms with E-state index in [0.29, 0.717) is 0 Å². The maximum atomic E-state index is 8.18. The van der Waals surface area contributed by atoms with Gasteiger partial charge in [0.25, 0.3) is 6.71 Å². The molecule has 0 spiro atoms. The minimum atomic E-state index is -0.348. The molecule has 0 bridgehead atoms. The van der Waals surface area contributed by atoms with Crippen molar-refractivity contribution in [2.24, 2.45) is 0 Å². The number of fused-ring (bicyclic) bond motifs is 16. The lowest BCUT2D eigenvalue weighted by Crippen LogP contribution is -2.65. The van der Waals surface area contributed by atoms with Gasteiger partial charge in [-0.2, -0.15) is 0 Å². The third kappa shape index (κ3) is 10.4. The molecule has 0 saturated heterocycles. The van der Waals surface area contributed by atoms with E-state index < -0.39 is 0 Å². The Labute approximate surface area is 674 Å². The summed E-state index contributed by atoms with van der Waals surface area (Å²) in [4.78, 5) is 12.4. The predicted molar refractivity (Wildman–Crippen MR) is 474 cm³/mol. The summed E-state index contributed by atoms with van der Waals surface area (Å²) >= 11 is 3.92. The lowest BCUT2D eigenvalue weighted by molar-refractivity contribution is 0.218. The van der Waals surface area contributed by atoms with Crippen molar-refractivity contribution in [1.82, 2.24) is 0 Å². The molecule has 8 aliphatic heterocycles. The van der Waals surface area contributed by atoms with E-state index in [0.717, 1.165) is 130 Å². The van der Waals surface area contributed by atoms with E-state index in [1.807, 2.05) is 23.5 Å². The van der Waals surface area contributed by atoms with Gasteiger partial charge in [0.15, 0.2) is 0 Å². The molecule has 4 unspecified atom stereocenters. The fourth-order valence-corrected chi connectivity index (χ4v) is 23.6. The Hall–Kier alpha value is -12.4. The predicted octanol–water partition coefficient (Wildman–Crippen LogP) is 21.5. The van der Waals surface area contributed by atoms with Gasteiger partial charge in [0.1, 0.15) is 46.7 Å². The number of hydrogen-bond acceptors (Lipinski definition) is 10. The third-order valence-electron chi connectivity index (χ3n) is 24.9. The quantitative estimate of drug-likeness (QED) is 0.0925. The number of anilines is 12. The lowest BCUT2D eigenvalue weighted by atomic mass is 9.30. The second-order valence-electron chi connectivity index (χ2n) is 31.9. The highest BCUT2D eigenvalue weighted by atomic mass is 32.2. The Morgan fingerprint density at radius 1 is 0.307 bits per heavy atom. The molecule has 0 radical (unpaired) electrons. The summed E-state index contributed by atoms with van der Waals surface area (Å²) in [6, 6.07) is 117. The first-order valence-electron chi connectivity index (χ1n) is 39.8. The van der Waals surface area contributed by atoms with Gasteiger partial charge in [0, 0.05) is 118 Å². The van der Waals surface area contributed by atoms with Gasteiger partial charge in [0.05, 0.1) is 22.7 Å². The van der Waals surface area contributed by atoms with Crippen LogP contribution in [0.4, 0.5) is 68.2 Å². The zero-order valence-electron chi connectivity index (χ0n) is 63.9. The Balaban J connectivity index is 0.811. The maximum Gasteiger partial charge on any atom is 0.256 e. The highest BCUT2D eigenvalue weighted by molar-refractivity contribution is 8.02. The molecule has 8 heterocycles. The third-order valence-corrected chi connectivity index (χ3v) is 27.7. The molecule has 544 valence electrons. The molecule has 4 atom stereocenters. The maximum absolute atomic E-state index is 8.18. The van der Waals surface area contributed by atoms with Crippen LogP contribution in [0.2, 0.25) is 0 Å². The molecule has 0 aliphatic carbocycles. The van der Waals surface area contributed by atoms with Gasteiger partial charge < -0.3 is 38.5 Å². The topological polar surface area (TPSA) is 49.9 Å². The van der Waals surface area contributed by atoms with Crippen LogP contribution in [0.3, 0.4) is 0 Å². The Morgan fingerprint density at radius 2 is 0.693 bits per heavy atom. The number of thioether (sulfide) groups is 2. The zero-order chi connectivity index (χ0) is 75.9. The number of nitrogens with zero attached hydrogens (tertiary/aromatic N) is 4. The van der Waals surface area contributed by atoms with E-state index in [-0.39, 0.29) is 48.6 Å². The molecule has 114 heavy (non-hydrogen) atoms. The normalized spacial score (nSPS) is 16.7. The van der Waals surface area contributed by atoms with E-state index in [4.69, 9.17) is 18.9 Å². The molecule has 0 saturated carbocycles. The van der Waals surface area contributed by atoms with Gasteiger partial charge in [-0.3, -0.25) is 0 Å². The summed E-state index contributed by atoms with van der Waals surface area (Å²) in [5, 5.41) is -0.0482. The molecule has 0 fully saturated rings. The summed E-state index contributed by atoms with van der Waals surface area (Å²) in [6.07, 6.45) is -0.498. The van der Waals surface area contributed by atoms with E-state index in [2.05, 4.69) is 377 Å². The van der Waals surface area contributed by atoms with E-state index >= 15 is 0 Å². The first kappa shape index (κ1) is 67.3. The summed E-state index contributed by atoms with van der Waals surface area (Å²) in [5.41, 5.74) is 33.9. The molecule has 8 nitrogen and oxygen atoms in total. The Kier molecular flexibility index (Phi) is 15.4. The molecule has 0 amide bonds. The molecule has 15 aromatic rings. The lowest BCUT2D eigenvalue weighted by Gasteiger charge is -2.46. The molecule has 13 heteroatoms. The largest absolute Gasteiger partial charge is 0.486 e. The van der Waals surface area contributed by atoms with Crippen molar-refractivity contribution in [3.8, 4) is 34.5 Å². The van der Waals surface area contributed by atoms with Gasteiger partial charge in [0.2, 0.25) is 13.4 Å². The Morgan fingerprint density at radius 3 is 1.18 bits per heavy atom. The fraction of sp³-hybridized carbons (Fsp3) is 0.109. The number of aryl methyl sites for hydroxylation is 6. The fourth-order valence-electron chi connectivity index (χ4n) is 20.6. The van der Waals surface area contributed by atoms with Crippen LogP contribution in [0.15, 0.2) is 325 Å². The van der Waals surface area contributed by atoms with Gasteiger partial charge >= 0.3 is 0 Å². The van der Waals surface area contributed by atoms with Gasteiger partial charge in [-0.1, -0.05) is 217 Å². The van der Waals surface area contributed by atoms with Crippen molar-refractivity contribution in [3.63, 3.8) is 0 Å². The van der Waals surface area contributed by atoms with E-state index in [1.165, 1.54) is 81.8 Å². The first-order chi connectivity index (χ1) is 56.0. The smallest absolute Gasteiger partial charge is 0.256 e. The highest BCUT2D eigenvalue weighted by Crippen LogP contribution is 2.58. The Bertz CT molecular complexity index is 6340. The highest BCUT2D eigenvalue weighted by Gasteiger charge is 2.57. The number of benzene rings is 15. The van der Waals surface area contributed by atoms with Crippen LogP contribution in [0, 0.1) is 41.5 Å². The standard InChI is InChI=1S/C101H75B3N4O4S2/c1-59-45-61(3)96(62(4)46-59)107-80-57-85-79(104-95-88(110-85)53-73(106(70-37-21-11-22-38-70)71-39-23-12-24-40-71)54-89(95)112-99-75-42-26-28-44-91(75)114-101(99)104)55-76(80)102-78-56-77-81(58-84(78)109-86-50-67(49-82(107)93(86)102)92(65-29-13-7-14-30-65)66-31-15-8-16-32-66)108(97-63(5)47-60(2)48-64(97)6)83-51-72(105(68-33-17-9-18-34-68)69-35-19-10-20-36-69)52-87-94(83)103(77)100-98(111-87)74-41-25-27-43-90(74)113-100/h7-58,92,98-101H,1-6H3. The van der Waals surface area contributed by atoms with Crippen molar-refractivity contribution in [1.29, 1.82) is 0 Å². The van der Waals surface area contributed by atoms with Crippen molar-refractivity contribution < 1.29 is 18.9 Å². The molecule has 8 aliphatic rings. The zero-order valence-corrected chi connectivity index (χ0v) is 65.5. The van der Waals surface area contributed by atoms with Crippen LogP contribution in [-0.4, -0.2) is 30.4 Å². The molecule has 0 aromatic heterocycles. The minimum absolute atomic E-state index is 0.0236. The van der Waals surface area contributed by atoms with Gasteiger partial charge in [-0.05, 0) is 192 Å². The first-order valence-corrected chi connectivity index (χ1v) is 41.5. The van der Waals surface area contributed by atoms with Crippen molar-refractivity contribution in [3.05, 3.63) is 377 Å². The molecular formula is C101H75B3N4O4S2. The van der Waals surface area contributed by atoms with Crippen LogP contribution >= 0.6 is 23.5 Å². The number of hydrogen-bond donors (Lipinski definition) is 0. The minimum Gasteiger partial charge on any atom is -0.486 e. The molecule has 23 rings (SSSR count). The summed E-state index contributed by atoms with van der Waals surface area (Å²) in [7, 11) is 0. The molecule has 15 aromatic carbocycles. The van der Waals surface area contributed by atoms with Crippen LogP contribution in [0.1, 0.15) is 79.3 Å². The number of para-hydroxylation sites is 4. The SMILES string of the molecule is Cc1cc(C)c(N2c3cc4c(cc3B3c5cc6c(cc5Oc5cc(C(c7ccccc7)c7ccccc7)cc2c53)N(c2c(C)cc(C)cc2C)c2cc(N(c3ccccc3)c3ccccc3)cc3c2B6C2Sc5ccccc5C2O3)B2c3c(cc(N(c5ccccc5)c5ccccc5)cc3OC3c5ccccc5SC23)O4)c(C)c1. The van der Waals surface area contributed by atoms with Crippen LogP contribution in [-0.2, 0) is 0 Å². The molecule has 0 N–H and O–H groups in total. The van der Waals surface area contributed by atoms with Crippen LogP contribution in [0.25, 0.3) is 0 Å². The average Bonchev–Trinajstić information content (AvgIpc) is 1.28. The molecular weight excluding hydrogens is 1430 g/mol. The summed E-state index contributed by atoms with van der Waals surface area (Å²) < 4.78 is 31.5. The second-order valence-corrected chi connectivity index (χ2v) is 34.4. The number of rotatable bonds is 11. The summed E-state index contributed by atoms with van der Waals surface area (Å²) in [5.74, 6) is 4.84. The monoisotopic (exact) mass is 1500 g/mol. The van der Waals surface area contributed by atoms with Crippen molar-refractivity contribution in [2.75, 3.05) is 19.6 Å². The number of ether oxygens (including phenoxy) is 4. The van der Waals surface area contributed by atoms with Crippen LogP contribution < -0.4 is 76.8 Å². The van der Waals surface area contributed by atoms with E-state index in [1.54, 1.807) is 0 Å². The second kappa shape index (κ2) is 26.1. The van der Waals surface area contributed by atoms with Crippen molar-refractivity contribution in [2.45, 2.75) is 79.8 Å².